The smallest absolute Gasteiger partial charge is 0.433 e. The van der Waals surface area contributed by atoms with Crippen LogP contribution >= 0.6 is 0 Å². The SMILES string of the molecule is Cc1cc(Nc2nccc(C(F)(F)F)n2)cc(-c2cccc(C(=O)O)c2)c1. The number of hydrogen-bond acceptors (Lipinski definition) is 4. The first-order valence-electron chi connectivity index (χ1n) is 7.85. The molecule has 0 saturated carbocycles. The van der Waals surface area contributed by atoms with Crippen LogP contribution in [0, 0.1) is 6.92 Å². The standard InChI is InChI=1S/C19H14F3N3O2/c1-11-7-14(12-3-2-4-13(9-12)17(26)27)10-15(8-11)24-18-23-6-5-16(25-18)19(20,21)22/h2-10H,1H3,(H,26,27)(H,23,24,25). The number of carboxylic acids is 1. The molecule has 27 heavy (non-hydrogen) atoms. The molecule has 3 rings (SSSR count). The highest BCUT2D eigenvalue weighted by molar-refractivity contribution is 5.89. The van der Waals surface area contributed by atoms with E-state index < -0.39 is 17.8 Å². The summed E-state index contributed by atoms with van der Waals surface area (Å²) in [5, 5.41) is 11.9. The minimum Gasteiger partial charge on any atom is -0.478 e. The van der Waals surface area contributed by atoms with Gasteiger partial charge in [-0.15, -0.1) is 0 Å². The summed E-state index contributed by atoms with van der Waals surface area (Å²) in [6.45, 7) is 1.82. The summed E-state index contributed by atoms with van der Waals surface area (Å²) in [6, 6.07) is 12.5. The molecule has 0 radical (unpaired) electrons. The summed E-state index contributed by atoms with van der Waals surface area (Å²) in [4.78, 5) is 18.5. The van der Waals surface area contributed by atoms with Crippen molar-refractivity contribution in [3.05, 3.63) is 71.5 Å². The molecule has 0 unspecified atom stereocenters. The second-order valence-corrected chi connectivity index (χ2v) is 5.86. The summed E-state index contributed by atoms with van der Waals surface area (Å²) in [5.41, 5.74) is 1.82. The topological polar surface area (TPSA) is 75.1 Å². The Balaban J connectivity index is 1.95. The first kappa shape index (κ1) is 18.4. The van der Waals surface area contributed by atoms with E-state index in [1.54, 1.807) is 24.3 Å². The van der Waals surface area contributed by atoms with Crippen molar-refractivity contribution in [3.63, 3.8) is 0 Å². The van der Waals surface area contributed by atoms with Crippen LogP contribution in [0.1, 0.15) is 21.6 Å². The maximum atomic E-state index is 12.8. The number of hydrogen-bond donors (Lipinski definition) is 2. The van der Waals surface area contributed by atoms with E-state index in [4.69, 9.17) is 5.11 Å². The number of halogens is 3. The van der Waals surface area contributed by atoms with Crippen LogP contribution in [0.2, 0.25) is 0 Å². The highest BCUT2D eigenvalue weighted by atomic mass is 19.4. The van der Waals surface area contributed by atoms with Gasteiger partial charge in [0.15, 0.2) is 0 Å². The lowest BCUT2D eigenvalue weighted by atomic mass is 10.0. The Morgan fingerprint density at radius 2 is 1.85 bits per heavy atom. The van der Waals surface area contributed by atoms with Crippen LogP contribution in [0.5, 0.6) is 0 Å². The zero-order valence-corrected chi connectivity index (χ0v) is 14.1. The van der Waals surface area contributed by atoms with Crippen molar-refractivity contribution in [2.45, 2.75) is 13.1 Å². The largest absolute Gasteiger partial charge is 0.478 e. The van der Waals surface area contributed by atoms with E-state index in [-0.39, 0.29) is 11.5 Å². The van der Waals surface area contributed by atoms with Gasteiger partial charge in [-0.2, -0.15) is 13.2 Å². The van der Waals surface area contributed by atoms with Crippen molar-refractivity contribution in [2.24, 2.45) is 0 Å². The number of carbonyl (C=O) groups is 1. The molecule has 0 aliphatic carbocycles. The zero-order chi connectivity index (χ0) is 19.6. The highest BCUT2D eigenvalue weighted by Gasteiger charge is 2.32. The Labute approximate surface area is 152 Å². The second-order valence-electron chi connectivity index (χ2n) is 5.86. The fourth-order valence-electron chi connectivity index (χ4n) is 2.56. The Hall–Kier alpha value is -3.42. The van der Waals surface area contributed by atoms with Crippen molar-refractivity contribution in [3.8, 4) is 11.1 Å². The quantitative estimate of drug-likeness (QED) is 0.679. The van der Waals surface area contributed by atoms with E-state index in [9.17, 15) is 18.0 Å². The van der Waals surface area contributed by atoms with Crippen LogP contribution in [0.25, 0.3) is 11.1 Å². The Kier molecular flexibility index (Phi) is 4.81. The predicted octanol–water partition coefficient (Wildman–Crippen LogP) is 4.91. The van der Waals surface area contributed by atoms with Crippen molar-refractivity contribution < 1.29 is 23.1 Å². The number of alkyl halides is 3. The monoisotopic (exact) mass is 373 g/mol. The van der Waals surface area contributed by atoms with Gasteiger partial charge in [-0.3, -0.25) is 0 Å². The van der Waals surface area contributed by atoms with Gasteiger partial charge < -0.3 is 10.4 Å². The number of carboxylic acid groups (broad SMARTS) is 1. The Bertz CT molecular complexity index is 1000. The molecule has 2 N–H and O–H groups in total. The first-order valence-corrected chi connectivity index (χ1v) is 7.85. The molecule has 0 bridgehead atoms. The molecular formula is C19H14F3N3O2. The molecule has 138 valence electrons. The number of nitrogens with one attached hydrogen (secondary N) is 1. The first-order chi connectivity index (χ1) is 12.7. The molecule has 5 nitrogen and oxygen atoms in total. The third-order valence-electron chi connectivity index (χ3n) is 3.72. The minimum atomic E-state index is -4.56. The number of anilines is 2. The van der Waals surface area contributed by atoms with Crippen LogP contribution in [0.4, 0.5) is 24.8 Å². The van der Waals surface area contributed by atoms with Gasteiger partial charge in [0.2, 0.25) is 5.95 Å². The van der Waals surface area contributed by atoms with Crippen LogP contribution in [0.3, 0.4) is 0 Å². The van der Waals surface area contributed by atoms with Gasteiger partial charge in [0, 0.05) is 11.9 Å². The summed E-state index contributed by atoms with van der Waals surface area (Å²) in [7, 11) is 0. The van der Waals surface area contributed by atoms with Crippen molar-refractivity contribution >= 4 is 17.6 Å². The second kappa shape index (κ2) is 7.06. The highest BCUT2D eigenvalue weighted by Crippen LogP contribution is 2.29. The molecule has 0 atom stereocenters. The van der Waals surface area contributed by atoms with Gasteiger partial charge in [-0.1, -0.05) is 18.2 Å². The van der Waals surface area contributed by atoms with Gasteiger partial charge in [-0.25, -0.2) is 14.8 Å². The molecule has 0 fully saturated rings. The van der Waals surface area contributed by atoms with E-state index >= 15 is 0 Å². The van der Waals surface area contributed by atoms with Crippen LogP contribution in [0.15, 0.2) is 54.7 Å². The van der Waals surface area contributed by atoms with E-state index in [1.807, 2.05) is 13.0 Å². The number of aryl methyl sites for hydroxylation is 1. The van der Waals surface area contributed by atoms with E-state index in [1.165, 1.54) is 12.1 Å². The average molecular weight is 373 g/mol. The van der Waals surface area contributed by atoms with E-state index in [0.717, 1.165) is 17.8 Å². The van der Waals surface area contributed by atoms with Crippen molar-refractivity contribution in [1.29, 1.82) is 0 Å². The Morgan fingerprint density at radius 1 is 1.07 bits per heavy atom. The average Bonchev–Trinajstić information content (AvgIpc) is 2.61. The van der Waals surface area contributed by atoms with Crippen molar-refractivity contribution in [2.75, 3.05) is 5.32 Å². The molecule has 0 saturated heterocycles. The van der Waals surface area contributed by atoms with Gasteiger partial charge in [-0.05, 0) is 53.9 Å². The third-order valence-corrected chi connectivity index (χ3v) is 3.72. The number of aromatic nitrogens is 2. The molecule has 0 spiro atoms. The maximum absolute atomic E-state index is 12.8. The Morgan fingerprint density at radius 3 is 2.56 bits per heavy atom. The van der Waals surface area contributed by atoms with Gasteiger partial charge in [0.05, 0.1) is 5.56 Å². The fraction of sp³-hybridized carbons (Fsp3) is 0.105. The van der Waals surface area contributed by atoms with Crippen LogP contribution < -0.4 is 5.32 Å². The molecular weight excluding hydrogens is 359 g/mol. The number of nitrogens with zero attached hydrogens (tertiary/aromatic N) is 2. The van der Waals surface area contributed by atoms with Crippen LogP contribution in [-0.2, 0) is 6.18 Å². The van der Waals surface area contributed by atoms with E-state index in [0.29, 0.717) is 16.8 Å². The summed E-state index contributed by atoms with van der Waals surface area (Å²) in [6.07, 6.45) is -3.53. The lowest BCUT2D eigenvalue weighted by Gasteiger charge is -2.11. The lowest BCUT2D eigenvalue weighted by Crippen LogP contribution is -2.10. The molecule has 1 aromatic heterocycles. The normalized spacial score (nSPS) is 11.3. The third kappa shape index (κ3) is 4.41. The molecule has 2 aromatic carbocycles. The maximum Gasteiger partial charge on any atom is 0.433 e. The number of aromatic carboxylic acids is 1. The van der Waals surface area contributed by atoms with Gasteiger partial charge in [0.1, 0.15) is 5.69 Å². The number of rotatable bonds is 4. The summed E-state index contributed by atoms with van der Waals surface area (Å²) in [5.74, 6) is -1.22. The molecule has 0 aliphatic heterocycles. The van der Waals surface area contributed by atoms with Gasteiger partial charge >= 0.3 is 12.1 Å². The predicted molar refractivity (Wildman–Crippen MR) is 93.9 cm³/mol. The molecule has 1 heterocycles. The number of benzene rings is 2. The lowest BCUT2D eigenvalue weighted by molar-refractivity contribution is -0.141. The molecule has 0 aliphatic rings. The van der Waals surface area contributed by atoms with E-state index in [2.05, 4.69) is 15.3 Å². The molecule has 8 heteroatoms. The van der Waals surface area contributed by atoms with Gasteiger partial charge in [0.25, 0.3) is 0 Å². The summed E-state index contributed by atoms with van der Waals surface area (Å²) >= 11 is 0. The minimum absolute atomic E-state index is 0.143. The zero-order valence-electron chi connectivity index (χ0n) is 14.1. The molecule has 3 aromatic rings. The molecule has 0 amide bonds. The van der Waals surface area contributed by atoms with Crippen molar-refractivity contribution in [1.82, 2.24) is 9.97 Å². The fourth-order valence-corrected chi connectivity index (χ4v) is 2.56. The van der Waals surface area contributed by atoms with Crippen LogP contribution in [-0.4, -0.2) is 21.0 Å². The summed E-state index contributed by atoms with van der Waals surface area (Å²) < 4.78 is 38.4.